The predicted molar refractivity (Wildman–Crippen MR) is 53.5 cm³/mol. The van der Waals surface area contributed by atoms with Crippen molar-refractivity contribution in [2.45, 2.75) is 39.2 Å². The molecule has 2 N–H and O–H groups in total. The van der Waals surface area contributed by atoms with Gasteiger partial charge in [-0.25, -0.2) is 9.97 Å². The van der Waals surface area contributed by atoms with Gasteiger partial charge in [-0.15, -0.1) is 0 Å². The summed E-state index contributed by atoms with van der Waals surface area (Å²) in [5.74, 6) is 1.32. The van der Waals surface area contributed by atoms with Crippen molar-refractivity contribution >= 4 is 0 Å². The van der Waals surface area contributed by atoms with E-state index in [1.807, 2.05) is 19.3 Å². The molecular weight excluding hydrogens is 162 g/mol. The van der Waals surface area contributed by atoms with Gasteiger partial charge < -0.3 is 5.73 Å². The lowest BCUT2D eigenvalue weighted by Gasteiger charge is -2.06. The van der Waals surface area contributed by atoms with Gasteiger partial charge in [0.1, 0.15) is 5.82 Å². The Morgan fingerprint density at radius 3 is 2.15 bits per heavy atom. The highest BCUT2D eigenvalue weighted by Crippen LogP contribution is 2.10. The van der Waals surface area contributed by atoms with Crippen molar-refractivity contribution in [2.24, 2.45) is 5.73 Å². The van der Waals surface area contributed by atoms with Gasteiger partial charge in [-0.1, -0.05) is 13.8 Å². The first-order valence-electron chi connectivity index (χ1n) is 4.66. The second-order valence-corrected chi connectivity index (χ2v) is 3.77. The van der Waals surface area contributed by atoms with Crippen LogP contribution < -0.4 is 5.73 Å². The molecule has 1 heterocycles. The van der Waals surface area contributed by atoms with Gasteiger partial charge in [0.25, 0.3) is 0 Å². The molecule has 0 aliphatic heterocycles. The van der Waals surface area contributed by atoms with E-state index in [0.29, 0.717) is 5.92 Å². The van der Waals surface area contributed by atoms with Crippen molar-refractivity contribution in [2.75, 3.05) is 0 Å². The van der Waals surface area contributed by atoms with Gasteiger partial charge in [0.15, 0.2) is 0 Å². The Morgan fingerprint density at radius 1 is 1.23 bits per heavy atom. The van der Waals surface area contributed by atoms with Crippen LogP contribution >= 0.6 is 0 Å². The minimum absolute atomic E-state index is 0.130. The zero-order valence-corrected chi connectivity index (χ0v) is 8.49. The van der Waals surface area contributed by atoms with Gasteiger partial charge >= 0.3 is 0 Å². The first-order valence-corrected chi connectivity index (χ1v) is 4.66. The Balaban J connectivity index is 2.70. The molecule has 0 amide bonds. The zero-order chi connectivity index (χ0) is 9.84. The first-order chi connectivity index (χ1) is 6.09. The van der Waals surface area contributed by atoms with E-state index in [0.717, 1.165) is 12.2 Å². The molecule has 0 aliphatic rings. The standard InChI is InChI=1S/C10H17N3/c1-7(2)9-5-12-10(13-6-9)4-8(3)11/h5-8H,4,11H2,1-3H3. The summed E-state index contributed by atoms with van der Waals surface area (Å²) in [4.78, 5) is 8.50. The van der Waals surface area contributed by atoms with Crippen LogP contribution in [0.25, 0.3) is 0 Å². The normalized spacial score (nSPS) is 13.3. The van der Waals surface area contributed by atoms with Crippen molar-refractivity contribution in [1.82, 2.24) is 9.97 Å². The summed E-state index contributed by atoms with van der Waals surface area (Å²) < 4.78 is 0. The predicted octanol–water partition coefficient (Wildman–Crippen LogP) is 1.49. The van der Waals surface area contributed by atoms with Gasteiger partial charge in [-0.05, 0) is 18.4 Å². The highest BCUT2D eigenvalue weighted by molar-refractivity contribution is 5.09. The zero-order valence-electron chi connectivity index (χ0n) is 8.49. The number of aromatic nitrogens is 2. The monoisotopic (exact) mass is 179 g/mol. The molecule has 0 aromatic carbocycles. The topological polar surface area (TPSA) is 51.8 Å². The van der Waals surface area contributed by atoms with Crippen molar-refractivity contribution in [3.8, 4) is 0 Å². The summed E-state index contributed by atoms with van der Waals surface area (Å²) in [6, 6.07) is 0.130. The lowest BCUT2D eigenvalue weighted by Crippen LogP contribution is -2.19. The quantitative estimate of drug-likeness (QED) is 0.764. The minimum Gasteiger partial charge on any atom is -0.328 e. The molecule has 0 saturated carbocycles. The van der Waals surface area contributed by atoms with E-state index >= 15 is 0 Å². The highest BCUT2D eigenvalue weighted by atomic mass is 14.9. The summed E-state index contributed by atoms with van der Waals surface area (Å²) in [7, 11) is 0. The van der Waals surface area contributed by atoms with Crippen molar-refractivity contribution in [3.63, 3.8) is 0 Å². The number of nitrogens with zero attached hydrogens (tertiary/aromatic N) is 2. The fourth-order valence-electron chi connectivity index (χ4n) is 1.06. The third kappa shape index (κ3) is 3.11. The average Bonchev–Trinajstić information content (AvgIpc) is 2.04. The molecule has 1 atom stereocenters. The molecule has 1 aromatic rings. The Morgan fingerprint density at radius 2 is 1.77 bits per heavy atom. The van der Waals surface area contributed by atoms with Crippen LogP contribution in [0.4, 0.5) is 0 Å². The van der Waals surface area contributed by atoms with Crippen LogP contribution in [0.1, 0.15) is 38.1 Å². The second-order valence-electron chi connectivity index (χ2n) is 3.77. The molecule has 0 spiro atoms. The van der Waals surface area contributed by atoms with E-state index in [1.54, 1.807) is 0 Å². The highest BCUT2D eigenvalue weighted by Gasteiger charge is 2.03. The van der Waals surface area contributed by atoms with Crippen LogP contribution in [0.2, 0.25) is 0 Å². The maximum Gasteiger partial charge on any atom is 0.129 e. The Kier molecular flexibility index (Phi) is 3.37. The van der Waals surface area contributed by atoms with E-state index in [1.165, 1.54) is 5.56 Å². The van der Waals surface area contributed by atoms with Crippen molar-refractivity contribution < 1.29 is 0 Å². The van der Waals surface area contributed by atoms with E-state index in [4.69, 9.17) is 5.73 Å². The van der Waals surface area contributed by atoms with Crippen molar-refractivity contribution in [1.29, 1.82) is 0 Å². The van der Waals surface area contributed by atoms with Crippen LogP contribution in [-0.2, 0) is 6.42 Å². The largest absolute Gasteiger partial charge is 0.328 e. The maximum atomic E-state index is 5.64. The number of rotatable bonds is 3. The molecule has 0 fully saturated rings. The Hall–Kier alpha value is -0.960. The molecule has 3 heteroatoms. The van der Waals surface area contributed by atoms with Gasteiger partial charge in [0, 0.05) is 24.9 Å². The van der Waals surface area contributed by atoms with Crippen LogP contribution in [-0.4, -0.2) is 16.0 Å². The fraction of sp³-hybridized carbons (Fsp3) is 0.600. The molecule has 0 radical (unpaired) electrons. The molecule has 0 saturated heterocycles. The van der Waals surface area contributed by atoms with E-state index in [2.05, 4.69) is 23.8 Å². The third-order valence-electron chi connectivity index (χ3n) is 1.90. The second kappa shape index (κ2) is 4.33. The molecule has 0 bridgehead atoms. The van der Waals surface area contributed by atoms with Crippen LogP contribution in [0.3, 0.4) is 0 Å². The average molecular weight is 179 g/mol. The third-order valence-corrected chi connectivity index (χ3v) is 1.90. The number of hydrogen-bond acceptors (Lipinski definition) is 3. The molecule has 1 rings (SSSR count). The molecule has 0 aliphatic carbocycles. The summed E-state index contributed by atoms with van der Waals surface area (Å²) in [6.07, 6.45) is 4.52. The molecule has 3 nitrogen and oxygen atoms in total. The van der Waals surface area contributed by atoms with Gasteiger partial charge in [0.05, 0.1) is 0 Å². The number of nitrogens with two attached hydrogens (primary N) is 1. The maximum absolute atomic E-state index is 5.64. The fourth-order valence-corrected chi connectivity index (χ4v) is 1.06. The molecule has 13 heavy (non-hydrogen) atoms. The minimum atomic E-state index is 0.130. The van der Waals surface area contributed by atoms with Gasteiger partial charge in [0.2, 0.25) is 0 Å². The van der Waals surface area contributed by atoms with E-state index < -0.39 is 0 Å². The SMILES string of the molecule is CC(N)Cc1ncc(C(C)C)cn1. The van der Waals surface area contributed by atoms with E-state index in [9.17, 15) is 0 Å². The Labute approximate surface area is 79.4 Å². The molecular formula is C10H17N3. The lowest BCUT2D eigenvalue weighted by molar-refractivity contribution is 0.696. The van der Waals surface area contributed by atoms with Crippen LogP contribution in [0, 0.1) is 0 Å². The Bertz CT molecular complexity index is 251. The molecule has 1 aromatic heterocycles. The van der Waals surface area contributed by atoms with Crippen LogP contribution in [0.15, 0.2) is 12.4 Å². The summed E-state index contributed by atoms with van der Waals surface area (Å²) >= 11 is 0. The molecule has 1 unspecified atom stereocenters. The molecule has 72 valence electrons. The first kappa shape index (κ1) is 10.1. The summed E-state index contributed by atoms with van der Waals surface area (Å²) in [5, 5.41) is 0. The number of hydrogen-bond donors (Lipinski definition) is 1. The van der Waals surface area contributed by atoms with Crippen molar-refractivity contribution in [3.05, 3.63) is 23.8 Å². The van der Waals surface area contributed by atoms with Gasteiger partial charge in [-0.3, -0.25) is 0 Å². The van der Waals surface area contributed by atoms with Crippen LogP contribution in [0.5, 0.6) is 0 Å². The van der Waals surface area contributed by atoms with E-state index in [-0.39, 0.29) is 6.04 Å². The van der Waals surface area contributed by atoms with Gasteiger partial charge in [-0.2, -0.15) is 0 Å². The smallest absolute Gasteiger partial charge is 0.129 e. The summed E-state index contributed by atoms with van der Waals surface area (Å²) in [5.41, 5.74) is 6.82. The lowest BCUT2D eigenvalue weighted by atomic mass is 10.1. The summed E-state index contributed by atoms with van der Waals surface area (Å²) in [6.45, 7) is 6.22.